The molecule has 2 N–H and O–H groups in total. The third kappa shape index (κ3) is 4.11. The van der Waals surface area contributed by atoms with Crippen LogP contribution in [0.3, 0.4) is 0 Å². The summed E-state index contributed by atoms with van der Waals surface area (Å²) in [5.74, 6) is 2.49. The number of morpholine rings is 1. The van der Waals surface area contributed by atoms with Gasteiger partial charge in [-0.2, -0.15) is 0 Å². The number of pyridine rings is 1. The molecule has 152 valence electrons. The first-order valence-corrected chi connectivity index (χ1v) is 10.3. The van der Waals surface area contributed by atoms with Gasteiger partial charge in [0.25, 0.3) is 0 Å². The van der Waals surface area contributed by atoms with Crippen molar-refractivity contribution in [2.24, 2.45) is 0 Å². The van der Waals surface area contributed by atoms with E-state index in [9.17, 15) is 0 Å². The largest absolute Gasteiger partial charge is 0.378 e. The molecule has 5 rings (SSSR count). The first-order chi connectivity index (χ1) is 14.8. The Kier molecular flexibility index (Phi) is 5.26. The lowest BCUT2D eigenvalue weighted by atomic mass is 10.1. The molecule has 0 aliphatic carbocycles. The summed E-state index contributed by atoms with van der Waals surface area (Å²) in [4.78, 5) is 19.3. The highest BCUT2D eigenvalue weighted by Gasteiger charge is 2.16. The van der Waals surface area contributed by atoms with Gasteiger partial charge in [-0.15, -0.1) is 0 Å². The number of ether oxygens (including phenoxy) is 1. The van der Waals surface area contributed by atoms with Crippen LogP contribution in [0.25, 0.3) is 22.3 Å². The molecule has 7 heteroatoms. The molecule has 0 radical (unpaired) electrons. The van der Waals surface area contributed by atoms with E-state index < -0.39 is 0 Å². The van der Waals surface area contributed by atoms with Crippen LogP contribution in [0.5, 0.6) is 0 Å². The molecular weight excluding hydrogens is 376 g/mol. The maximum Gasteiger partial charge on any atom is 0.163 e. The predicted molar refractivity (Wildman–Crippen MR) is 119 cm³/mol. The molecule has 30 heavy (non-hydrogen) atoms. The Hall–Kier alpha value is -3.45. The molecule has 4 heterocycles. The minimum Gasteiger partial charge on any atom is -0.378 e. The number of nitrogens with one attached hydrogen (secondary N) is 2. The Morgan fingerprint density at radius 2 is 1.87 bits per heavy atom. The number of nitrogens with zero attached hydrogens (tertiary/aromatic N) is 4. The van der Waals surface area contributed by atoms with E-state index in [0.717, 1.165) is 67.8 Å². The lowest BCUT2D eigenvalue weighted by molar-refractivity contribution is 0.122. The van der Waals surface area contributed by atoms with Gasteiger partial charge in [-0.25, -0.2) is 9.97 Å². The first kappa shape index (κ1) is 18.6. The highest BCUT2D eigenvalue weighted by molar-refractivity contribution is 5.84. The van der Waals surface area contributed by atoms with E-state index >= 15 is 0 Å². The Morgan fingerprint density at radius 3 is 2.73 bits per heavy atom. The van der Waals surface area contributed by atoms with Crippen molar-refractivity contribution in [3.8, 4) is 11.4 Å². The second-order valence-electron chi connectivity index (χ2n) is 7.35. The van der Waals surface area contributed by atoms with Crippen molar-refractivity contribution < 1.29 is 4.74 Å². The van der Waals surface area contributed by atoms with Crippen molar-refractivity contribution in [3.05, 3.63) is 66.6 Å². The second-order valence-corrected chi connectivity index (χ2v) is 7.35. The molecule has 0 unspecified atom stereocenters. The molecule has 1 aliphatic rings. The number of benzene rings is 1. The number of hydrogen-bond acceptors (Lipinski definition) is 6. The monoisotopic (exact) mass is 400 g/mol. The first-order valence-electron chi connectivity index (χ1n) is 10.3. The van der Waals surface area contributed by atoms with E-state index in [0.29, 0.717) is 0 Å². The quantitative estimate of drug-likeness (QED) is 0.516. The van der Waals surface area contributed by atoms with Crippen molar-refractivity contribution in [3.63, 3.8) is 0 Å². The van der Waals surface area contributed by atoms with Crippen LogP contribution in [0.1, 0.15) is 5.56 Å². The number of H-pyrrole nitrogens is 1. The molecule has 0 atom stereocenters. The number of rotatable bonds is 6. The van der Waals surface area contributed by atoms with Gasteiger partial charge in [0.15, 0.2) is 5.82 Å². The van der Waals surface area contributed by atoms with Crippen molar-refractivity contribution in [1.82, 2.24) is 19.9 Å². The Balaban J connectivity index is 1.43. The average Bonchev–Trinajstić information content (AvgIpc) is 3.28. The van der Waals surface area contributed by atoms with Gasteiger partial charge >= 0.3 is 0 Å². The standard InChI is InChI=1S/C23H24N6O/c1-2-19(15-20-18(1)6-10-25-20)23-27-21(26-9-5-17-3-7-24-8-4-17)16-22(28-23)29-11-13-30-14-12-29/h1-4,6-8,10,15-16,25H,5,9,11-14H2,(H,26,27,28). The summed E-state index contributed by atoms with van der Waals surface area (Å²) >= 11 is 0. The van der Waals surface area contributed by atoms with E-state index in [1.807, 2.05) is 36.8 Å². The van der Waals surface area contributed by atoms with Crippen molar-refractivity contribution in [2.45, 2.75) is 6.42 Å². The molecule has 0 amide bonds. The fraction of sp³-hybridized carbons (Fsp3) is 0.261. The number of anilines is 2. The zero-order valence-electron chi connectivity index (χ0n) is 16.7. The molecule has 4 aromatic rings. The predicted octanol–water partition coefficient (Wildman–Crippen LogP) is 3.51. The van der Waals surface area contributed by atoms with Gasteiger partial charge in [-0.3, -0.25) is 4.98 Å². The molecular formula is C23H24N6O. The number of hydrogen-bond donors (Lipinski definition) is 2. The molecule has 0 saturated carbocycles. The van der Waals surface area contributed by atoms with Gasteiger partial charge in [0.2, 0.25) is 0 Å². The van der Waals surface area contributed by atoms with Gasteiger partial charge in [0, 0.05) is 55.4 Å². The normalized spacial score (nSPS) is 14.2. The van der Waals surface area contributed by atoms with Gasteiger partial charge in [0.1, 0.15) is 11.6 Å². The fourth-order valence-electron chi connectivity index (χ4n) is 3.68. The fourth-order valence-corrected chi connectivity index (χ4v) is 3.68. The molecule has 1 saturated heterocycles. The molecule has 0 bridgehead atoms. The summed E-state index contributed by atoms with van der Waals surface area (Å²) in [7, 11) is 0. The summed E-state index contributed by atoms with van der Waals surface area (Å²) in [6.07, 6.45) is 6.51. The zero-order valence-corrected chi connectivity index (χ0v) is 16.7. The molecule has 7 nitrogen and oxygen atoms in total. The SMILES string of the molecule is c1cc(CCNc2cc(N3CCOCC3)nc(-c3ccc4cc[nH]c4c3)n2)ccn1. The second kappa shape index (κ2) is 8.51. The molecule has 3 aromatic heterocycles. The maximum atomic E-state index is 5.51. The van der Waals surface area contributed by atoms with E-state index in [4.69, 9.17) is 14.7 Å². The van der Waals surface area contributed by atoms with Crippen LogP contribution < -0.4 is 10.2 Å². The van der Waals surface area contributed by atoms with E-state index in [2.05, 4.69) is 44.5 Å². The van der Waals surface area contributed by atoms with Crippen LogP contribution in [0, 0.1) is 0 Å². The van der Waals surface area contributed by atoms with Crippen LogP contribution in [-0.2, 0) is 11.2 Å². The number of aromatic amines is 1. The van der Waals surface area contributed by atoms with E-state index in [-0.39, 0.29) is 0 Å². The highest BCUT2D eigenvalue weighted by atomic mass is 16.5. The lowest BCUT2D eigenvalue weighted by Crippen LogP contribution is -2.36. The van der Waals surface area contributed by atoms with Gasteiger partial charge in [0.05, 0.1) is 13.2 Å². The molecule has 0 spiro atoms. The Bertz CT molecular complexity index is 1120. The third-order valence-electron chi connectivity index (χ3n) is 5.33. The summed E-state index contributed by atoms with van der Waals surface area (Å²) in [5, 5.41) is 4.66. The van der Waals surface area contributed by atoms with Crippen molar-refractivity contribution >= 4 is 22.5 Å². The van der Waals surface area contributed by atoms with Crippen molar-refractivity contribution in [2.75, 3.05) is 43.1 Å². The Labute approximate surface area is 175 Å². The minimum atomic E-state index is 0.721. The van der Waals surface area contributed by atoms with Crippen LogP contribution >= 0.6 is 0 Å². The Morgan fingerprint density at radius 1 is 1.00 bits per heavy atom. The highest BCUT2D eigenvalue weighted by Crippen LogP contribution is 2.26. The third-order valence-corrected chi connectivity index (χ3v) is 5.33. The molecule has 1 aromatic carbocycles. The average molecular weight is 400 g/mol. The lowest BCUT2D eigenvalue weighted by Gasteiger charge is -2.28. The molecule has 1 aliphatic heterocycles. The number of aromatic nitrogens is 4. The van der Waals surface area contributed by atoms with E-state index in [1.165, 1.54) is 10.9 Å². The summed E-state index contributed by atoms with van der Waals surface area (Å²) in [5.41, 5.74) is 3.33. The molecule has 1 fully saturated rings. The smallest absolute Gasteiger partial charge is 0.163 e. The maximum absolute atomic E-state index is 5.51. The topological polar surface area (TPSA) is 79.0 Å². The summed E-state index contributed by atoms with van der Waals surface area (Å²) in [6, 6.07) is 14.5. The van der Waals surface area contributed by atoms with Gasteiger partial charge in [-0.1, -0.05) is 12.1 Å². The van der Waals surface area contributed by atoms with Crippen LogP contribution in [0.2, 0.25) is 0 Å². The summed E-state index contributed by atoms with van der Waals surface area (Å²) < 4.78 is 5.51. The summed E-state index contributed by atoms with van der Waals surface area (Å²) in [6.45, 7) is 3.90. The number of fused-ring (bicyclic) bond motifs is 1. The van der Waals surface area contributed by atoms with Gasteiger partial charge < -0.3 is 19.9 Å². The van der Waals surface area contributed by atoms with E-state index in [1.54, 1.807) is 0 Å². The minimum absolute atomic E-state index is 0.721. The van der Waals surface area contributed by atoms with Crippen LogP contribution in [-0.4, -0.2) is 52.8 Å². The van der Waals surface area contributed by atoms with Gasteiger partial charge in [-0.05, 0) is 41.6 Å². The zero-order chi connectivity index (χ0) is 20.2. The van der Waals surface area contributed by atoms with Crippen LogP contribution in [0.15, 0.2) is 61.1 Å². The van der Waals surface area contributed by atoms with Crippen LogP contribution in [0.4, 0.5) is 11.6 Å². The van der Waals surface area contributed by atoms with Crippen molar-refractivity contribution in [1.29, 1.82) is 0 Å².